The fourth-order valence-corrected chi connectivity index (χ4v) is 3.84. The molecular formula is C22H17N3O5S. The van der Waals surface area contributed by atoms with Gasteiger partial charge in [-0.1, -0.05) is 41.2 Å². The predicted molar refractivity (Wildman–Crippen MR) is 113 cm³/mol. The second kappa shape index (κ2) is 7.84. The van der Waals surface area contributed by atoms with Crippen LogP contribution in [0.15, 0.2) is 42.5 Å². The van der Waals surface area contributed by atoms with Crippen LogP contribution in [-0.2, 0) is 4.74 Å². The van der Waals surface area contributed by atoms with Gasteiger partial charge in [0.15, 0.2) is 6.10 Å². The number of carbonyl (C=O) groups excluding carboxylic acids is 4. The first-order valence-electron chi connectivity index (χ1n) is 9.41. The Morgan fingerprint density at radius 3 is 2.23 bits per heavy atom. The largest absolute Gasteiger partial charge is 0.451 e. The zero-order valence-corrected chi connectivity index (χ0v) is 17.7. The van der Waals surface area contributed by atoms with Gasteiger partial charge in [0.05, 0.1) is 16.7 Å². The summed E-state index contributed by atoms with van der Waals surface area (Å²) in [5.41, 5.74) is 1.75. The Morgan fingerprint density at radius 1 is 0.935 bits per heavy atom. The number of hydrogen-bond acceptors (Lipinski definition) is 8. The topological polar surface area (TPSA) is 107 Å². The minimum atomic E-state index is -1.01. The molecule has 4 rings (SSSR count). The van der Waals surface area contributed by atoms with Crippen LogP contribution >= 0.6 is 11.3 Å². The molecule has 2 aromatic carbocycles. The van der Waals surface area contributed by atoms with Crippen molar-refractivity contribution in [1.82, 2.24) is 10.2 Å². The molecule has 9 heteroatoms. The summed E-state index contributed by atoms with van der Waals surface area (Å²) in [6, 6.07) is 11.0. The van der Waals surface area contributed by atoms with Crippen molar-refractivity contribution < 1.29 is 23.9 Å². The number of anilines is 1. The molecular weight excluding hydrogens is 418 g/mol. The van der Waals surface area contributed by atoms with Crippen molar-refractivity contribution in [2.75, 3.05) is 4.90 Å². The maximum atomic E-state index is 12.8. The van der Waals surface area contributed by atoms with Crippen molar-refractivity contribution in [1.29, 1.82) is 0 Å². The van der Waals surface area contributed by atoms with Crippen LogP contribution in [0.4, 0.5) is 5.13 Å². The molecule has 0 N–H and O–H groups in total. The van der Waals surface area contributed by atoms with Crippen LogP contribution in [0.1, 0.15) is 58.9 Å². The van der Waals surface area contributed by atoms with Gasteiger partial charge in [-0.05, 0) is 39.0 Å². The number of aromatic nitrogens is 2. The zero-order chi connectivity index (χ0) is 22.3. The Morgan fingerprint density at radius 2 is 1.58 bits per heavy atom. The molecule has 156 valence electrons. The Balaban J connectivity index is 1.53. The van der Waals surface area contributed by atoms with Crippen LogP contribution in [-0.4, -0.2) is 39.9 Å². The van der Waals surface area contributed by atoms with Gasteiger partial charge in [-0.2, -0.15) is 0 Å². The number of esters is 1. The van der Waals surface area contributed by atoms with Gasteiger partial charge < -0.3 is 4.74 Å². The summed E-state index contributed by atoms with van der Waals surface area (Å²) in [4.78, 5) is 51.4. The van der Waals surface area contributed by atoms with Gasteiger partial charge in [-0.15, -0.1) is 10.2 Å². The van der Waals surface area contributed by atoms with E-state index in [4.69, 9.17) is 4.74 Å². The molecule has 0 unspecified atom stereocenters. The maximum absolute atomic E-state index is 12.8. The maximum Gasteiger partial charge on any atom is 0.338 e. The molecule has 8 nitrogen and oxygen atoms in total. The molecule has 0 saturated heterocycles. The van der Waals surface area contributed by atoms with Gasteiger partial charge in [0.2, 0.25) is 10.9 Å². The summed E-state index contributed by atoms with van der Waals surface area (Å²) >= 11 is 1.12. The van der Waals surface area contributed by atoms with Crippen molar-refractivity contribution in [3.63, 3.8) is 0 Å². The monoisotopic (exact) mass is 435 g/mol. The summed E-state index contributed by atoms with van der Waals surface area (Å²) in [5.74, 6) is -2.21. The highest BCUT2D eigenvalue weighted by atomic mass is 32.1. The SMILES string of the molecule is Cc1ccc(C(=O)[C@H](C)OC(=O)c2ccc3c(c2)C(=O)N(c2nnc(C)s2)C3=O)cc1. The van der Waals surface area contributed by atoms with Gasteiger partial charge >= 0.3 is 5.97 Å². The number of ketones is 1. The summed E-state index contributed by atoms with van der Waals surface area (Å²) in [7, 11) is 0. The number of Topliss-reactive ketones (excluding diaryl/α,β-unsaturated/α-hetero) is 1. The predicted octanol–water partition coefficient (Wildman–Crippen LogP) is 3.38. The standard InChI is InChI=1S/C22H17N3O5S/c1-11-4-6-14(7-5-11)18(26)12(2)30-21(29)15-8-9-16-17(10-15)20(28)25(19(16)27)22-24-23-13(3)31-22/h4-10,12H,1-3H3/t12-/m0/s1. The number of benzene rings is 2. The van der Waals surface area contributed by atoms with Gasteiger partial charge in [0, 0.05) is 5.56 Å². The number of imide groups is 1. The van der Waals surface area contributed by atoms with E-state index >= 15 is 0 Å². The van der Waals surface area contributed by atoms with Crippen LogP contribution in [0.2, 0.25) is 0 Å². The van der Waals surface area contributed by atoms with Crippen LogP contribution in [0.5, 0.6) is 0 Å². The summed E-state index contributed by atoms with van der Waals surface area (Å²) in [6.07, 6.45) is -1.01. The molecule has 3 aromatic rings. The van der Waals surface area contributed by atoms with Gasteiger partial charge in [0.25, 0.3) is 11.8 Å². The molecule has 0 bridgehead atoms. The van der Waals surface area contributed by atoms with Gasteiger partial charge in [-0.25, -0.2) is 9.69 Å². The second-order valence-electron chi connectivity index (χ2n) is 7.09. The average Bonchev–Trinajstić information content (AvgIpc) is 3.28. The number of rotatable bonds is 5. The van der Waals surface area contributed by atoms with Crippen molar-refractivity contribution >= 4 is 40.0 Å². The van der Waals surface area contributed by atoms with E-state index in [1.807, 2.05) is 6.92 Å². The number of carbonyl (C=O) groups is 4. The molecule has 1 aliphatic heterocycles. The number of aryl methyl sites for hydroxylation is 2. The van der Waals surface area contributed by atoms with Crippen LogP contribution in [0.25, 0.3) is 0 Å². The summed E-state index contributed by atoms with van der Waals surface area (Å²) < 4.78 is 5.30. The number of hydrogen-bond donors (Lipinski definition) is 0. The van der Waals surface area contributed by atoms with E-state index in [1.54, 1.807) is 31.2 Å². The van der Waals surface area contributed by atoms with E-state index in [2.05, 4.69) is 10.2 Å². The Bertz CT molecular complexity index is 1230. The Labute approximate surface area is 181 Å². The van der Waals surface area contributed by atoms with Crippen LogP contribution < -0.4 is 4.90 Å². The van der Waals surface area contributed by atoms with Gasteiger partial charge in [-0.3, -0.25) is 14.4 Å². The molecule has 2 heterocycles. The van der Waals surface area contributed by atoms with Crippen molar-refractivity contribution in [2.45, 2.75) is 26.9 Å². The third kappa shape index (κ3) is 3.75. The van der Waals surface area contributed by atoms with Crippen LogP contribution in [0, 0.1) is 13.8 Å². The van der Waals surface area contributed by atoms with E-state index in [0.717, 1.165) is 21.8 Å². The van der Waals surface area contributed by atoms with E-state index in [9.17, 15) is 19.2 Å². The number of ether oxygens (including phenoxy) is 1. The second-order valence-corrected chi connectivity index (χ2v) is 8.25. The lowest BCUT2D eigenvalue weighted by molar-refractivity contribution is 0.0318. The summed E-state index contributed by atoms with van der Waals surface area (Å²) in [6.45, 7) is 5.11. The van der Waals surface area contributed by atoms with Crippen molar-refractivity contribution in [3.05, 3.63) is 75.3 Å². The fourth-order valence-electron chi connectivity index (χ4n) is 3.15. The smallest absolute Gasteiger partial charge is 0.338 e. The normalized spacial score (nSPS) is 13.8. The molecule has 2 amide bonds. The third-order valence-corrected chi connectivity index (χ3v) is 5.64. The first-order chi connectivity index (χ1) is 14.8. The minimum Gasteiger partial charge on any atom is -0.451 e. The van der Waals surface area contributed by atoms with E-state index < -0.39 is 23.9 Å². The first-order valence-corrected chi connectivity index (χ1v) is 10.2. The molecule has 0 saturated carbocycles. The molecule has 31 heavy (non-hydrogen) atoms. The molecule has 1 aromatic heterocycles. The molecule has 1 atom stereocenters. The van der Waals surface area contributed by atoms with Crippen molar-refractivity contribution in [3.8, 4) is 0 Å². The zero-order valence-electron chi connectivity index (χ0n) is 16.9. The summed E-state index contributed by atoms with van der Waals surface area (Å²) in [5, 5.41) is 8.48. The quantitative estimate of drug-likeness (QED) is 0.343. The molecule has 1 aliphatic rings. The lowest BCUT2D eigenvalue weighted by Gasteiger charge is -2.13. The highest BCUT2D eigenvalue weighted by Crippen LogP contribution is 2.31. The third-order valence-electron chi connectivity index (χ3n) is 4.82. The molecule has 0 aliphatic carbocycles. The number of amides is 2. The number of fused-ring (bicyclic) bond motifs is 1. The molecule has 0 spiro atoms. The average molecular weight is 435 g/mol. The lowest BCUT2D eigenvalue weighted by atomic mass is 10.0. The fraction of sp³-hybridized carbons (Fsp3) is 0.182. The highest BCUT2D eigenvalue weighted by molar-refractivity contribution is 7.15. The Hall–Kier alpha value is -3.72. The van der Waals surface area contributed by atoms with E-state index in [0.29, 0.717) is 10.6 Å². The van der Waals surface area contributed by atoms with E-state index in [-0.39, 0.29) is 27.6 Å². The minimum absolute atomic E-state index is 0.0683. The van der Waals surface area contributed by atoms with E-state index in [1.165, 1.54) is 25.1 Å². The molecule has 0 radical (unpaired) electrons. The van der Waals surface area contributed by atoms with Crippen molar-refractivity contribution in [2.24, 2.45) is 0 Å². The van der Waals surface area contributed by atoms with Crippen LogP contribution in [0.3, 0.4) is 0 Å². The molecule has 0 fully saturated rings. The van der Waals surface area contributed by atoms with Gasteiger partial charge in [0.1, 0.15) is 5.01 Å². The Kier molecular flexibility index (Phi) is 5.20. The number of nitrogens with zero attached hydrogens (tertiary/aromatic N) is 3. The highest BCUT2D eigenvalue weighted by Gasteiger charge is 2.39. The first kappa shape index (κ1) is 20.5. The lowest BCUT2D eigenvalue weighted by Crippen LogP contribution is -2.29.